The van der Waals surface area contributed by atoms with Gasteiger partial charge in [-0.15, -0.1) is 0 Å². The van der Waals surface area contributed by atoms with E-state index >= 15 is 0 Å². The van der Waals surface area contributed by atoms with E-state index in [0.717, 1.165) is 16.6 Å². The number of primary sulfonamides is 1. The van der Waals surface area contributed by atoms with Gasteiger partial charge in [-0.05, 0) is 40.2 Å². The number of nitrogens with zero attached hydrogens (tertiary/aromatic N) is 2. The number of hydrogen-bond acceptors (Lipinski definition) is 3. The van der Waals surface area contributed by atoms with Crippen molar-refractivity contribution in [3.05, 3.63) is 51.3 Å². The molecule has 5 nitrogen and oxygen atoms in total. The van der Waals surface area contributed by atoms with Crippen molar-refractivity contribution in [3.8, 4) is 11.3 Å². The summed E-state index contributed by atoms with van der Waals surface area (Å²) in [5.74, 6) is -0.852. The largest absolute Gasteiger partial charge is 0.264 e. The third-order valence-electron chi connectivity index (χ3n) is 3.42. The number of hydrogen-bond donors (Lipinski definition) is 1. The Labute approximate surface area is 153 Å². The number of nitrogens with two attached hydrogens (primary N) is 1. The Hall–Kier alpha value is -1.62. The molecule has 132 valence electrons. The second-order valence-corrected chi connectivity index (χ2v) is 7.84. The first-order valence-corrected chi connectivity index (χ1v) is 9.29. The predicted molar refractivity (Wildman–Crippen MR) is 89.6 cm³/mol. The number of halogens is 5. The molecule has 25 heavy (non-hydrogen) atoms. The molecule has 0 aliphatic heterocycles. The number of fused-ring (bicyclic) bond motifs is 1. The van der Waals surface area contributed by atoms with Crippen LogP contribution >= 0.6 is 27.5 Å². The fourth-order valence-corrected chi connectivity index (χ4v) is 3.80. The van der Waals surface area contributed by atoms with Crippen molar-refractivity contribution in [2.45, 2.75) is 11.3 Å². The molecular weight excluding hydrogens is 447 g/mol. The molecule has 0 radical (unpaired) electrons. The van der Waals surface area contributed by atoms with E-state index in [0.29, 0.717) is 0 Å². The number of rotatable bonds is 3. The van der Waals surface area contributed by atoms with Crippen LogP contribution in [0.15, 0.2) is 39.8 Å². The van der Waals surface area contributed by atoms with Crippen molar-refractivity contribution in [1.29, 1.82) is 0 Å². The lowest BCUT2D eigenvalue weighted by Gasteiger charge is -2.09. The summed E-state index contributed by atoms with van der Waals surface area (Å²) < 4.78 is 65.7. The molecule has 0 amide bonds. The van der Waals surface area contributed by atoms with Crippen LogP contribution in [-0.2, 0) is 10.0 Å². The van der Waals surface area contributed by atoms with E-state index in [2.05, 4.69) is 21.0 Å². The first-order valence-electron chi connectivity index (χ1n) is 6.57. The molecule has 0 spiro atoms. The lowest BCUT2D eigenvalue weighted by atomic mass is 10.0. The van der Waals surface area contributed by atoms with Gasteiger partial charge in [-0.2, -0.15) is 5.10 Å². The Balaban J connectivity index is 2.46. The molecule has 2 heterocycles. The third-order valence-corrected chi connectivity index (χ3v) is 5.22. The fraction of sp³-hybridized carbons (Fsp3) is 0.0714. The quantitative estimate of drug-likeness (QED) is 0.646. The standard InChI is InChI=1S/C14H8BrClF3N3O2S/c15-9-3-8(14(18)19)7(4-10(9)17)12-13(25(20,23)24)11-2-1-6(16)5-22(11)21-12/h1-5,14H,(H2,20,23,24). The van der Waals surface area contributed by atoms with Crippen LogP contribution in [0.4, 0.5) is 13.2 Å². The van der Waals surface area contributed by atoms with Crippen LogP contribution in [0.3, 0.4) is 0 Å². The summed E-state index contributed by atoms with van der Waals surface area (Å²) in [5.41, 5.74) is -1.32. The SMILES string of the molecule is NS(=O)(=O)c1c(-c2cc(F)c(Br)cc2C(F)F)nn2cc(Cl)ccc12. The van der Waals surface area contributed by atoms with Gasteiger partial charge in [0.05, 0.1) is 15.0 Å². The summed E-state index contributed by atoms with van der Waals surface area (Å²) in [7, 11) is -4.35. The van der Waals surface area contributed by atoms with Gasteiger partial charge in [0.15, 0.2) is 0 Å². The maximum atomic E-state index is 13.9. The Morgan fingerprint density at radius 3 is 2.56 bits per heavy atom. The monoisotopic (exact) mass is 453 g/mol. The minimum absolute atomic E-state index is 0.0328. The van der Waals surface area contributed by atoms with Crippen molar-refractivity contribution >= 4 is 43.1 Å². The summed E-state index contributed by atoms with van der Waals surface area (Å²) in [6.07, 6.45) is -1.71. The molecule has 11 heteroatoms. The molecule has 0 saturated heterocycles. The molecule has 0 aliphatic carbocycles. The summed E-state index contributed by atoms with van der Waals surface area (Å²) in [5, 5.41) is 9.45. The highest BCUT2D eigenvalue weighted by Crippen LogP contribution is 2.38. The second-order valence-electron chi connectivity index (χ2n) is 5.05. The van der Waals surface area contributed by atoms with E-state index in [9.17, 15) is 21.6 Å². The maximum Gasteiger partial charge on any atom is 0.264 e. The van der Waals surface area contributed by atoms with E-state index < -0.39 is 32.7 Å². The van der Waals surface area contributed by atoms with Crippen LogP contribution in [-0.4, -0.2) is 18.0 Å². The first-order chi connectivity index (χ1) is 11.6. The topological polar surface area (TPSA) is 77.5 Å². The van der Waals surface area contributed by atoms with Crippen LogP contribution in [0.5, 0.6) is 0 Å². The predicted octanol–water partition coefficient (Wildman–Crippen LogP) is 4.14. The molecule has 0 saturated carbocycles. The highest BCUT2D eigenvalue weighted by atomic mass is 79.9. The Kier molecular flexibility index (Phi) is 4.56. The lowest BCUT2D eigenvalue weighted by molar-refractivity contribution is 0.152. The molecule has 1 aromatic carbocycles. The molecule has 2 N–H and O–H groups in total. The normalized spacial score (nSPS) is 12.3. The van der Waals surface area contributed by atoms with Crippen molar-refractivity contribution in [2.75, 3.05) is 0 Å². The van der Waals surface area contributed by atoms with Crippen molar-refractivity contribution in [2.24, 2.45) is 5.14 Å². The number of pyridine rings is 1. The molecule has 3 rings (SSSR count). The second kappa shape index (κ2) is 6.27. The molecule has 0 aliphatic rings. The molecule has 3 aromatic rings. The van der Waals surface area contributed by atoms with E-state index in [-0.39, 0.29) is 26.3 Å². The van der Waals surface area contributed by atoms with Gasteiger partial charge in [0.25, 0.3) is 6.43 Å². The smallest absolute Gasteiger partial charge is 0.237 e. The summed E-state index contributed by atoms with van der Waals surface area (Å²) in [6.45, 7) is 0. The molecule has 0 atom stereocenters. The minimum atomic E-state index is -4.35. The zero-order valence-electron chi connectivity index (χ0n) is 12.1. The number of benzene rings is 1. The van der Waals surface area contributed by atoms with Gasteiger partial charge in [-0.25, -0.2) is 31.2 Å². The Morgan fingerprint density at radius 1 is 1.28 bits per heavy atom. The van der Waals surface area contributed by atoms with E-state index in [1.54, 1.807) is 0 Å². The van der Waals surface area contributed by atoms with E-state index in [1.807, 2.05) is 0 Å². The van der Waals surface area contributed by atoms with Gasteiger partial charge in [-0.1, -0.05) is 11.6 Å². The average molecular weight is 455 g/mol. The lowest BCUT2D eigenvalue weighted by Crippen LogP contribution is -2.13. The minimum Gasteiger partial charge on any atom is -0.237 e. The Morgan fingerprint density at radius 2 is 1.96 bits per heavy atom. The number of aromatic nitrogens is 2. The van der Waals surface area contributed by atoms with Crippen molar-refractivity contribution < 1.29 is 21.6 Å². The molecule has 0 fully saturated rings. The molecule has 2 aromatic heterocycles. The van der Waals surface area contributed by atoms with Gasteiger partial charge in [0.2, 0.25) is 10.0 Å². The fourth-order valence-electron chi connectivity index (χ4n) is 2.41. The third kappa shape index (κ3) is 3.26. The van der Waals surface area contributed by atoms with Gasteiger partial charge >= 0.3 is 0 Å². The van der Waals surface area contributed by atoms with Gasteiger partial charge < -0.3 is 0 Å². The van der Waals surface area contributed by atoms with Crippen LogP contribution in [0, 0.1) is 5.82 Å². The van der Waals surface area contributed by atoms with E-state index in [1.165, 1.54) is 18.3 Å². The van der Waals surface area contributed by atoms with Crippen molar-refractivity contribution in [3.63, 3.8) is 0 Å². The van der Waals surface area contributed by atoms with E-state index in [4.69, 9.17) is 16.7 Å². The van der Waals surface area contributed by atoms with Crippen molar-refractivity contribution in [1.82, 2.24) is 9.61 Å². The summed E-state index contributed by atoms with van der Waals surface area (Å²) >= 11 is 8.67. The highest BCUT2D eigenvalue weighted by molar-refractivity contribution is 9.10. The zero-order valence-corrected chi connectivity index (χ0v) is 15.2. The first kappa shape index (κ1) is 18.2. The van der Waals surface area contributed by atoms with Crippen LogP contribution in [0.25, 0.3) is 16.8 Å². The average Bonchev–Trinajstić information content (AvgIpc) is 2.87. The number of alkyl halides is 2. The maximum absolute atomic E-state index is 13.9. The Bertz CT molecular complexity index is 1100. The van der Waals surface area contributed by atoms with Crippen LogP contribution in [0.2, 0.25) is 5.02 Å². The van der Waals surface area contributed by atoms with Gasteiger partial charge in [0.1, 0.15) is 16.4 Å². The molecule has 0 unspecified atom stereocenters. The number of sulfonamides is 1. The molecular formula is C14H8BrClF3N3O2S. The van der Waals surface area contributed by atoms with Crippen LogP contribution in [0.1, 0.15) is 12.0 Å². The van der Waals surface area contributed by atoms with Gasteiger partial charge in [-0.3, -0.25) is 0 Å². The zero-order chi connectivity index (χ0) is 18.5. The highest BCUT2D eigenvalue weighted by Gasteiger charge is 2.28. The summed E-state index contributed by atoms with van der Waals surface area (Å²) in [6, 6.07) is 4.38. The summed E-state index contributed by atoms with van der Waals surface area (Å²) in [4.78, 5) is -0.493. The molecule has 0 bridgehead atoms. The van der Waals surface area contributed by atoms with Crippen LogP contribution < -0.4 is 5.14 Å². The van der Waals surface area contributed by atoms with Gasteiger partial charge in [0, 0.05) is 17.3 Å².